The van der Waals surface area contributed by atoms with Gasteiger partial charge in [0.25, 0.3) is 0 Å². The van der Waals surface area contributed by atoms with Crippen LogP contribution in [-0.2, 0) is 11.3 Å². The van der Waals surface area contributed by atoms with Crippen molar-refractivity contribution in [1.29, 1.82) is 0 Å². The number of thioether (sulfide) groups is 1. The molecule has 0 aliphatic rings. The predicted octanol–water partition coefficient (Wildman–Crippen LogP) is 3.07. The summed E-state index contributed by atoms with van der Waals surface area (Å²) in [5.74, 6) is 0.171. The van der Waals surface area contributed by atoms with Crippen LogP contribution in [0, 0.1) is 13.8 Å². The number of anilines is 1. The molecule has 0 aliphatic heterocycles. The van der Waals surface area contributed by atoms with Crippen molar-refractivity contribution >= 4 is 23.4 Å². The van der Waals surface area contributed by atoms with E-state index in [-0.39, 0.29) is 11.7 Å². The fourth-order valence-electron chi connectivity index (χ4n) is 2.30. The number of nitrogens with one attached hydrogen (secondary N) is 1. The van der Waals surface area contributed by atoms with Gasteiger partial charge < -0.3 is 5.32 Å². The summed E-state index contributed by atoms with van der Waals surface area (Å²) in [4.78, 5) is 12.2. The van der Waals surface area contributed by atoms with Crippen LogP contribution in [-0.4, -0.2) is 31.9 Å². The van der Waals surface area contributed by atoms with E-state index in [1.807, 2.05) is 62.4 Å². The highest BCUT2D eigenvalue weighted by Crippen LogP contribution is 2.17. The fraction of sp³-hybridized carbons (Fsp3) is 0.222. The summed E-state index contributed by atoms with van der Waals surface area (Å²) in [5, 5.41) is 15.2. The highest BCUT2D eigenvalue weighted by molar-refractivity contribution is 7.99. The van der Waals surface area contributed by atoms with Crippen molar-refractivity contribution < 1.29 is 4.79 Å². The molecular formula is C18H19N5OS. The molecule has 1 aromatic heterocycles. The summed E-state index contributed by atoms with van der Waals surface area (Å²) < 4.78 is 1.70. The molecule has 25 heavy (non-hydrogen) atoms. The first kappa shape index (κ1) is 17.2. The topological polar surface area (TPSA) is 72.7 Å². The van der Waals surface area contributed by atoms with E-state index in [4.69, 9.17) is 0 Å². The molecule has 1 amide bonds. The molecular weight excluding hydrogens is 334 g/mol. The van der Waals surface area contributed by atoms with E-state index in [1.165, 1.54) is 17.3 Å². The minimum absolute atomic E-state index is 0.0810. The Kier molecular flexibility index (Phi) is 5.45. The molecule has 0 atom stereocenters. The third kappa shape index (κ3) is 4.67. The second-order valence-electron chi connectivity index (χ2n) is 5.74. The molecule has 0 bridgehead atoms. The average molecular weight is 353 g/mol. The number of hydrogen-bond acceptors (Lipinski definition) is 5. The molecule has 128 valence electrons. The third-order valence-electron chi connectivity index (χ3n) is 3.80. The average Bonchev–Trinajstić information content (AvgIpc) is 3.04. The Hall–Kier alpha value is -2.67. The molecule has 0 spiro atoms. The van der Waals surface area contributed by atoms with E-state index in [2.05, 4.69) is 20.8 Å². The maximum absolute atomic E-state index is 12.2. The minimum Gasteiger partial charge on any atom is -0.325 e. The number of rotatable bonds is 6. The number of tetrazole rings is 1. The van der Waals surface area contributed by atoms with Gasteiger partial charge in [0.1, 0.15) is 0 Å². The van der Waals surface area contributed by atoms with Crippen LogP contribution in [0.2, 0.25) is 0 Å². The van der Waals surface area contributed by atoms with Gasteiger partial charge in [0.05, 0.1) is 12.3 Å². The Bertz CT molecular complexity index is 863. The van der Waals surface area contributed by atoms with Crippen LogP contribution in [0.25, 0.3) is 0 Å². The summed E-state index contributed by atoms with van der Waals surface area (Å²) in [5.41, 5.74) is 4.26. The first-order valence-electron chi connectivity index (χ1n) is 7.92. The van der Waals surface area contributed by atoms with E-state index in [0.29, 0.717) is 11.7 Å². The molecule has 0 fully saturated rings. The molecule has 0 aliphatic carbocycles. The van der Waals surface area contributed by atoms with E-state index >= 15 is 0 Å². The highest BCUT2D eigenvalue weighted by Gasteiger charge is 2.11. The molecule has 0 saturated heterocycles. The van der Waals surface area contributed by atoms with Crippen molar-refractivity contribution in [1.82, 2.24) is 20.2 Å². The molecule has 6 nitrogen and oxygen atoms in total. The molecule has 0 unspecified atom stereocenters. The van der Waals surface area contributed by atoms with Gasteiger partial charge in [0.15, 0.2) is 0 Å². The van der Waals surface area contributed by atoms with E-state index < -0.39 is 0 Å². The number of aryl methyl sites for hydroxylation is 2. The fourth-order valence-corrected chi connectivity index (χ4v) is 2.98. The summed E-state index contributed by atoms with van der Waals surface area (Å²) >= 11 is 1.32. The highest BCUT2D eigenvalue weighted by atomic mass is 32.2. The number of carbonyl (C=O) groups excluding carboxylic acids is 1. The van der Waals surface area contributed by atoms with Gasteiger partial charge in [0, 0.05) is 5.69 Å². The van der Waals surface area contributed by atoms with Gasteiger partial charge in [-0.2, -0.15) is 0 Å². The van der Waals surface area contributed by atoms with E-state index in [0.717, 1.165) is 16.8 Å². The lowest BCUT2D eigenvalue weighted by atomic mass is 10.1. The normalized spacial score (nSPS) is 10.6. The van der Waals surface area contributed by atoms with Crippen molar-refractivity contribution in [2.45, 2.75) is 25.5 Å². The number of carbonyl (C=O) groups is 1. The predicted molar refractivity (Wildman–Crippen MR) is 98.6 cm³/mol. The van der Waals surface area contributed by atoms with Crippen molar-refractivity contribution in [3.8, 4) is 0 Å². The summed E-state index contributed by atoms with van der Waals surface area (Å²) in [7, 11) is 0. The van der Waals surface area contributed by atoms with Crippen LogP contribution in [0.3, 0.4) is 0 Å². The quantitative estimate of drug-likeness (QED) is 0.690. The third-order valence-corrected chi connectivity index (χ3v) is 4.75. The van der Waals surface area contributed by atoms with Crippen molar-refractivity contribution in [2.24, 2.45) is 0 Å². The molecule has 2 aromatic carbocycles. The lowest BCUT2D eigenvalue weighted by Crippen LogP contribution is -2.15. The maximum Gasteiger partial charge on any atom is 0.234 e. The van der Waals surface area contributed by atoms with Gasteiger partial charge in [-0.1, -0.05) is 48.2 Å². The second kappa shape index (κ2) is 7.94. The largest absolute Gasteiger partial charge is 0.325 e. The van der Waals surface area contributed by atoms with Gasteiger partial charge in [-0.25, -0.2) is 4.68 Å². The van der Waals surface area contributed by atoms with Crippen molar-refractivity contribution in [2.75, 3.05) is 11.1 Å². The van der Waals surface area contributed by atoms with E-state index in [9.17, 15) is 4.79 Å². The molecule has 1 heterocycles. The Morgan fingerprint density at radius 3 is 2.68 bits per heavy atom. The van der Waals surface area contributed by atoms with E-state index in [1.54, 1.807) is 4.68 Å². The standard InChI is InChI=1S/C18H19N5OS/c1-13-8-9-16(10-14(13)2)19-17(24)12-25-18-20-21-22-23(18)11-15-6-4-3-5-7-15/h3-10H,11-12H2,1-2H3,(H,19,24). The number of aromatic nitrogens is 4. The smallest absolute Gasteiger partial charge is 0.234 e. The SMILES string of the molecule is Cc1ccc(NC(=O)CSc2nnnn2Cc2ccccc2)cc1C. The molecule has 3 rings (SSSR count). The van der Waals surface area contributed by atoms with Crippen LogP contribution >= 0.6 is 11.8 Å². The summed E-state index contributed by atoms with van der Waals surface area (Å²) in [6, 6.07) is 15.8. The maximum atomic E-state index is 12.2. The van der Waals surface area contributed by atoms with Crippen LogP contribution < -0.4 is 5.32 Å². The Morgan fingerprint density at radius 1 is 1.12 bits per heavy atom. The summed E-state index contributed by atoms with van der Waals surface area (Å²) in [6.07, 6.45) is 0. The Balaban J connectivity index is 1.57. The van der Waals surface area contributed by atoms with Crippen LogP contribution in [0.1, 0.15) is 16.7 Å². The minimum atomic E-state index is -0.0810. The molecule has 3 aromatic rings. The van der Waals surface area contributed by atoms with Gasteiger partial charge in [0.2, 0.25) is 11.1 Å². The first-order chi connectivity index (χ1) is 12.1. The zero-order valence-corrected chi connectivity index (χ0v) is 15.0. The Labute approximate surface area is 150 Å². The van der Waals surface area contributed by atoms with Gasteiger partial charge in [-0.3, -0.25) is 4.79 Å². The van der Waals surface area contributed by atoms with Crippen LogP contribution in [0.4, 0.5) is 5.69 Å². The van der Waals surface area contributed by atoms with Crippen LogP contribution in [0.5, 0.6) is 0 Å². The second-order valence-corrected chi connectivity index (χ2v) is 6.68. The number of nitrogens with zero attached hydrogens (tertiary/aromatic N) is 4. The van der Waals surface area contributed by atoms with Gasteiger partial charge in [-0.05, 0) is 53.1 Å². The lowest BCUT2D eigenvalue weighted by Gasteiger charge is -2.08. The lowest BCUT2D eigenvalue weighted by molar-refractivity contribution is -0.113. The molecule has 7 heteroatoms. The molecule has 0 saturated carbocycles. The first-order valence-corrected chi connectivity index (χ1v) is 8.90. The zero-order chi connectivity index (χ0) is 17.6. The number of amides is 1. The van der Waals surface area contributed by atoms with Crippen molar-refractivity contribution in [3.63, 3.8) is 0 Å². The number of hydrogen-bond donors (Lipinski definition) is 1. The zero-order valence-electron chi connectivity index (χ0n) is 14.1. The molecule has 1 N–H and O–H groups in total. The molecule has 0 radical (unpaired) electrons. The van der Waals surface area contributed by atoms with Gasteiger partial charge >= 0.3 is 0 Å². The monoisotopic (exact) mass is 353 g/mol. The Morgan fingerprint density at radius 2 is 1.92 bits per heavy atom. The van der Waals surface area contributed by atoms with Crippen LogP contribution in [0.15, 0.2) is 53.7 Å². The van der Waals surface area contributed by atoms with Gasteiger partial charge in [-0.15, -0.1) is 5.10 Å². The summed E-state index contributed by atoms with van der Waals surface area (Å²) in [6.45, 7) is 4.65. The van der Waals surface area contributed by atoms with Crippen molar-refractivity contribution in [3.05, 3.63) is 65.2 Å². The number of benzene rings is 2.